The molecule has 0 fully saturated rings. The Kier molecular flexibility index (Phi) is 4.91. The number of hydrogen-bond acceptors (Lipinski definition) is 5. The van der Waals surface area contributed by atoms with E-state index in [1.54, 1.807) is 7.11 Å². The maximum atomic E-state index is 11.3. The Labute approximate surface area is 126 Å². The highest BCUT2D eigenvalue weighted by atomic mass is 32.2. The Bertz CT molecular complexity index is 600. The first-order valence-electron chi connectivity index (χ1n) is 7.04. The molecule has 0 spiro atoms. The average molecular weight is 313 g/mol. The highest BCUT2D eigenvalue weighted by Gasteiger charge is 2.31. The maximum absolute atomic E-state index is 11.3. The van der Waals surface area contributed by atoms with E-state index in [1.165, 1.54) is 6.26 Å². The lowest BCUT2D eigenvalue weighted by molar-refractivity contribution is 0.0529. The molecule has 118 valence electrons. The molecule has 6 heteroatoms. The topological polar surface area (TPSA) is 66.8 Å². The molecule has 0 aliphatic heterocycles. The lowest BCUT2D eigenvalue weighted by Gasteiger charge is -2.36. The van der Waals surface area contributed by atoms with Gasteiger partial charge in [0.25, 0.3) is 0 Å². The number of aliphatic hydroxyl groups excluding tert-OH is 1. The third kappa shape index (κ3) is 3.96. The molecule has 1 aromatic rings. The summed E-state index contributed by atoms with van der Waals surface area (Å²) in [6.07, 6.45) is 2.31. The van der Waals surface area contributed by atoms with Crippen LogP contribution in [0.15, 0.2) is 18.2 Å². The van der Waals surface area contributed by atoms with Crippen LogP contribution >= 0.6 is 0 Å². The van der Waals surface area contributed by atoms with E-state index in [0.717, 1.165) is 29.7 Å². The Hall–Kier alpha value is -1.11. The molecular weight excluding hydrogens is 290 g/mol. The van der Waals surface area contributed by atoms with Crippen LogP contribution in [0, 0.1) is 0 Å². The third-order valence-corrected chi connectivity index (χ3v) is 5.05. The minimum Gasteiger partial charge on any atom is -0.497 e. The van der Waals surface area contributed by atoms with Gasteiger partial charge in [0.05, 0.1) is 19.0 Å². The number of aryl methyl sites for hydroxylation is 1. The number of fused-ring (bicyclic) bond motifs is 1. The summed E-state index contributed by atoms with van der Waals surface area (Å²) in [5.74, 6) is 0.909. The van der Waals surface area contributed by atoms with E-state index < -0.39 is 15.9 Å². The van der Waals surface area contributed by atoms with E-state index >= 15 is 0 Å². The number of rotatable bonds is 5. The summed E-state index contributed by atoms with van der Waals surface area (Å²) in [6, 6.07) is 5.66. The van der Waals surface area contributed by atoms with E-state index in [9.17, 15) is 13.5 Å². The van der Waals surface area contributed by atoms with Crippen molar-refractivity contribution in [2.45, 2.75) is 25.0 Å². The normalized spacial score (nSPS) is 22.1. The number of ether oxygens (including phenoxy) is 1. The van der Waals surface area contributed by atoms with Crippen molar-refractivity contribution in [2.75, 3.05) is 32.7 Å². The minimum atomic E-state index is -2.98. The number of hydrogen-bond donors (Lipinski definition) is 1. The van der Waals surface area contributed by atoms with E-state index in [1.807, 2.05) is 30.1 Å². The Morgan fingerprint density at radius 1 is 1.43 bits per heavy atom. The van der Waals surface area contributed by atoms with Gasteiger partial charge in [-0.05, 0) is 43.1 Å². The number of nitrogens with zero attached hydrogens (tertiary/aromatic N) is 1. The molecule has 2 atom stereocenters. The van der Waals surface area contributed by atoms with Gasteiger partial charge in [0.2, 0.25) is 0 Å². The Morgan fingerprint density at radius 2 is 2.14 bits per heavy atom. The van der Waals surface area contributed by atoms with Gasteiger partial charge >= 0.3 is 0 Å². The summed E-state index contributed by atoms with van der Waals surface area (Å²) in [4.78, 5) is 1.94. The Balaban J connectivity index is 2.11. The number of aliphatic hydroxyl groups is 1. The van der Waals surface area contributed by atoms with Gasteiger partial charge in [0.1, 0.15) is 15.6 Å². The Morgan fingerprint density at radius 3 is 2.76 bits per heavy atom. The molecule has 0 aromatic heterocycles. The van der Waals surface area contributed by atoms with Crippen LogP contribution in [0.5, 0.6) is 5.75 Å². The van der Waals surface area contributed by atoms with Crippen LogP contribution in [-0.2, 0) is 16.3 Å². The summed E-state index contributed by atoms with van der Waals surface area (Å²) in [5.41, 5.74) is 2.02. The summed E-state index contributed by atoms with van der Waals surface area (Å²) in [7, 11) is 0.512. The molecule has 5 nitrogen and oxygen atoms in total. The molecule has 21 heavy (non-hydrogen) atoms. The van der Waals surface area contributed by atoms with Gasteiger partial charge in [-0.1, -0.05) is 6.07 Å². The molecule has 0 saturated heterocycles. The first-order valence-corrected chi connectivity index (χ1v) is 9.10. The van der Waals surface area contributed by atoms with E-state index in [2.05, 4.69) is 0 Å². The third-order valence-electron chi connectivity index (χ3n) is 4.12. The van der Waals surface area contributed by atoms with Gasteiger partial charge < -0.3 is 9.84 Å². The molecule has 0 heterocycles. The fourth-order valence-electron chi connectivity index (χ4n) is 2.82. The van der Waals surface area contributed by atoms with Crippen molar-refractivity contribution in [1.29, 1.82) is 0 Å². The molecule has 0 bridgehead atoms. The molecule has 0 radical (unpaired) electrons. The highest BCUT2D eigenvalue weighted by molar-refractivity contribution is 7.90. The van der Waals surface area contributed by atoms with Gasteiger partial charge in [-0.2, -0.15) is 0 Å². The van der Waals surface area contributed by atoms with Crippen molar-refractivity contribution in [1.82, 2.24) is 4.90 Å². The van der Waals surface area contributed by atoms with E-state index in [-0.39, 0.29) is 11.8 Å². The minimum absolute atomic E-state index is 0.0485. The largest absolute Gasteiger partial charge is 0.497 e. The smallest absolute Gasteiger partial charge is 0.148 e. The second-order valence-corrected chi connectivity index (χ2v) is 7.99. The van der Waals surface area contributed by atoms with Crippen LogP contribution in [0.3, 0.4) is 0 Å². The van der Waals surface area contributed by atoms with Crippen molar-refractivity contribution >= 4 is 9.84 Å². The average Bonchev–Trinajstić information content (AvgIpc) is 2.44. The van der Waals surface area contributed by atoms with Crippen molar-refractivity contribution < 1.29 is 18.3 Å². The molecule has 1 aliphatic rings. The van der Waals surface area contributed by atoms with Gasteiger partial charge in [0, 0.05) is 18.8 Å². The molecular formula is C15H23NO4S. The molecule has 1 aliphatic carbocycles. The molecule has 2 rings (SSSR count). The zero-order valence-corrected chi connectivity index (χ0v) is 13.6. The summed E-state index contributed by atoms with van der Waals surface area (Å²) in [6.45, 7) is 0.437. The number of likely N-dealkylation sites (N-methyl/N-ethyl adjacent to an activating group) is 1. The van der Waals surface area contributed by atoms with Crippen LogP contribution in [-0.4, -0.2) is 57.2 Å². The molecule has 0 saturated carbocycles. The first-order chi connectivity index (χ1) is 9.81. The lowest BCUT2D eigenvalue weighted by atomic mass is 9.85. The molecule has 2 unspecified atom stereocenters. The maximum Gasteiger partial charge on any atom is 0.148 e. The fraction of sp³-hybridized carbons (Fsp3) is 0.600. The van der Waals surface area contributed by atoms with E-state index in [0.29, 0.717) is 6.54 Å². The van der Waals surface area contributed by atoms with Crippen molar-refractivity contribution in [3.05, 3.63) is 29.3 Å². The van der Waals surface area contributed by atoms with Crippen molar-refractivity contribution in [3.63, 3.8) is 0 Å². The predicted octanol–water partition coefficient (Wildman–Crippen LogP) is 1.02. The second kappa shape index (κ2) is 6.34. The van der Waals surface area contributed by atoms with Crippen LogP contribution < -0.4 is 4.74 Å². The summed E-state index contributed by atoms with van der Waals surface area (Å²) < 4.78 is 27.7. The zero-order chi connectivity index (χ0) is 15.6. The quantitative estimate of drug-likeness (QED) is 0.879. The standard InChI is InChI=1S/C15H23NO4S/c1-16(8-9-21(3,18)19)14-7-4-11-10-12(20-2)5-6-13(11)15(14)17/h5-6,10,14-15,17H,4,7-9H2,1-3H3. The van der Waals surface area contributed by atoms with Gasteiger partial charge in [-0.3, -0.25) is 4.90 Å². The first kappa shape index (κ1) is 16.3. The SMILES string of the molecule is COc1ccc2c(c1)CCC(N(C)CCS(C)(=O)=O)C2O. The van der Waals surface area contributed by atoms with Gasteiger partial charge in [-0.15, -0.1) is 0 Å². The number of methoxy groups -OCH3 is 1. The van der Waals surface area contributed by atoms with Gasteiger partial charge in [0.15, 0.2) is 0 Å². The van der Waals surface area contributed by atoms with Crippen LogP contribution in [0.4, 0.5) is 0 Å². The molecule has 1 aromatic carbocycles. The zero-order valence-electron chi connectivity index (χ0n) is 12.7. The number of sulfone groups is 1. The molecule has 0 amide bonds. The summed E-state index contributed by atoms with van der Waals surface area (Å²) >= 11 is 0. The summed E-state index contributed by atoms with van der Waals surface area (Å²) in [5, 5.41) is 10.6. The fourth-order valence-corrected chi connectivity index (χ4v) is 3.44. The number of benzene rings is 1. The second-order valence-electron chi connectivity index (χ2n) is 5.73. The highest BCUT2D eigenvalue weighted by Crippen LogP contribution is 2.34. The van der Waals surface area contributed by atoms with Gasteiger partial charge in [-0.25, -0.2) is 8.42 Å². The van der Waals surface area contributed by atoms with Crippen LogP contribution in [0.25, 0.3) is 0 Å². The monoisotopic (exact) mass is 313 g/mol. The lowest BCUT2D eigenvalue weighted by Crippen LogP contribution is -2.41. The van der Waals surface area contributed by atoms with E-state index in [4.69, 9.17) is 4.74 Å². The van der Waals surface area contributed by atoms with Crippen molar-refractivity contribution in [2.24, 2.45) is 0 Å². The van der Waals surface area contributed by atoms with Crippen molar-refractivity contribution in [3.8, 4) is 5.75 Å². The van der Waals surface area contributed by atoms with Crippen LogP contribution in [0.2, 0.25) is 0 Å². The molecule has 1 N–H and O–H groups in total. The van der Waals surface area contributed by atoms with Crippen LogP contribution in [0.1, 0.15) is 23.7 Å². The predicted molar refractivity (Wildman–Crippen MR) is 82.4 cm³/mol.